The molecular formula is C20H31N7O. The maximum Gasteiger partial charge on any atom is 0.266 e. The lowest BCUT2D eigenvalue weighted by atomic mass is 9.97. The number of hydrogen-bond donors (Lipinski definition) is 0. The number of likely N-dealkylation sites (tertiary alicyclic amines) is 2. The Morgan fingerprint density at radius 1 is 0.929 bits per heavy atom. The van der Waals surface area contributed by atoms with Gasteiger partial charge in [-0.3, -0.25) is 4.79 Å². The molecule has 2 aliphatic rings. The normalized spacial score (nSPS) is 20.3. The summed E-state index contributed by atoms with van der Waals surface area (Å²) in [5, 5.41) is 8.57. The van der Waals surface area contributed by atoms with Gasteiger partial charge in [0.05, 0.1) is 0 Å². The van der Waals surface area contributed by atoms with E-state index in [1.165, 1.54) is 58.2 Å². The molecule has 0 radical (unpaired) electrons. The monoisotopic (exact) mass is 385 g/mol. The minimum absolute atomic E-state index is 0.0486. The maximum atomic E-state index is 12.2. The molecular weight excluding hydrogens is 354 g/mol. The van der Waals surface area contributed by atoms with E-state index in [1.54, 1.807) is 27.8 Å². The summed E-state index contributed by atoms with van der Waals surface area (Å²) in [6.45, 7) is 7.84. The Bertz CT molecular complexity index is 772. The molecule has 0 unspecified atom stereocenters. The van der Waals surface area contributed by atoms with Crippen LogP contribution in [0.3, 0.4) is 0 Å². The molecule has 2 fully saturated rings. The molecule has 0 spiro atoms. The van der Waals surface area contributed by atoms with Crippen molar-refractivity contribution in [1.82, 2.24) is 34.3 Å². The predicted molar refractivity (Wildman–Crippen MR) is 107 cm³/mol. The quantitative estimate of drug-likeness (QED) is 0.749. The fourth-order valence-corrected chi connectivity index (χ4v) is 4.30. The van der Waals surface area contributed by atoms with E-state index >= 15 is 0 Å². The lowest BCUT2D eigenvalue weighted by Crippen LogP contribution is -2.41. The third-order valence-electron chi connectivity index (χ3n) is 6.08. The van der Waals surface area contributed by atoms with Crippen LogP contribution in [0.15, 0.2) is 29.6 Å². The first-order valence-corrected chi connectivity index (χ1v) is 10.7. The van der Waals surface area contributed by atoms with Crippen molar-refractivity contribution in [3.8, 4) is 5.82 Å². The molecule has 2 aromatic rings. The van der Waals surface area contributed by atoms with Gasteiger partial charge in [0.15, 0.2) is 5.82 Å². The molecule has 2 aromatic heterocycles. The lowest BCUT2D eigenvalue weighted by molar-refractivity contribution is 0.147. The first-order chi connectivity index (χ1) is 13.8. The topological polar surface area (TPSA) is 72.1 Å². The number of rotatable bonds is 6. The first-order valence-electron chi connectivity index (χ1n) is 10.7. The summed E-state index contributed by atoms with van der Waals surface area (Å²) in [4.78, 5) is 21.4. The fraction of sp³-hybridized carbons (Fsp3) is 0.700. The van der Waals surface area contributed by atoms with Crippen molar-refractivity contribution in [3.05, 3.63) is 35.1 Å². The van der Waals surface area contributed by atoms with Gasteiger partial charge in [-0.05, 0) is 63.8 Å². The van der Waals surface area contributed by atoms with E-state index in [4.69, 9.17) is 0 Å². The van der Waals surface area contributed by atoms with Gasteiger partial charge in [-0.2, -0.15) is 5.10 Å². The molecule has 4 heterocycles. The van der Waals surface area contributed by atoms with Gasteiger partial charge in [0, 0.05) is 25.7 Å². The zero-order valence-electron chi connectivity index (χ0n) is 16.6. The van der Waals surface area contributed by atoms with Crippen LogP contribution in [0.1, 0.15) is 38.5 Å². The standard InChI is InChI=1S/C20H31N7O/c28-20-6-5-19(27-17-21-16-22-27)23-26(20)15-18-7-11-25(12-8-18)14-13-24-9-3-1-2-4-10-24/h5-6,16-18H,1-4,7-15H2. The minimum Gasteiger partial charge on any atom is -0.302 e. The Kier molecular flexibility index (Phi) is 6.49. The average Bonchev–Trinajstić information content (AvgIpc) is 3.13. The molecule has 0 N–H and O–H groups in total. The van der Waals surface area contributed by atoms with Crippen molar-refractivity contribution in [1.29, 1.82) is 0 Å². The molecule has 0 aromatic carbocycles. The van der Waals surface area contributed by atoms with Gasteiger partial charge < -0.3 is 9.80 Å². The zero-order chi connectivity index (χ0) is 19.2. The molecule has 4 rings (SSSR count). The second kappa shape index (κ2) is 9.43. The highest BCUT2D eigenvalue weighted by Gasteiger charge is 2.21. The molecule has 0 saturated carbocycles. The predicted octanol–water partition coefficient (Wildman–Crippen LogP) is 1.41. The molecule has 0 atom stereocenters. The summed E-state index contributed by atoms with van der Waals surface area (Å²) < 4.78 is 3.18. The molecule has 2 aliphatic heterocycles. The highest BCUT2D eigenvalue weighted by Crippen LogP contribution is 2.19. The van der Waals surface area contributed by atoms with E-state index in [0.717, 1.165) is 25.9 Å². The van der Waals surface area contributed by atoms with Gasteiger partial charge in [-0.1, -0.05) is 12.8 Å². The van der Waals surface area contributed by atoms with Crippen molar-refractivity contribution >= 4 is 0 Å². The second-order valence-electron chi connectivity index (χ2n) is 8.09. The third kappa shape index (κ3) is 5.05. The van der Waals surface area contributed by atoms with Gasteiger partial charge in [-0.25, -0.2) is 14.3 Å². The zero-order valence-corrected chi connectivity index (χ0v) is 16.6. The average molecular weight is 386 g/mol. The van der Waals surface area contributed by atoms with Gasteiger partial charge in [0.1, 0.15) is 12.7 Å². The van der Waals surface area contributed by atoms with Gasteiger partial charge >= 0.3 is 0 Å². The van der Waals surface area contributed by atoms with Crippen LogP contribution in [-0.2, 0) is 6.54 Å². The van der Waals surface area contributed by atoms with Crippen molar-refractivity contribution in [2.24, 2.45) is 5.92 Å². The highest BCUT2D eigenvalue weighted by molar-refractivity contribution is 5.16. The fourth-order valence-electron chi connectivity index (χ4n) is 4.30. The second-order valence-corrected chi connectivity index (χ2v) is 8.09. The van der Waals surface area contributed by atoms with E-state index in [9.17, 15) is 4.79 Å². The molecule has 8 nitrogen and oxygen atoms in total. The van der Waals surface area contributed by atoms with E-state index in [2.05, 4.69) is 25.0 Å². The van der Waals surface area contributed by atoms with Crippen molar-refractivity contribution in [2.75, 3.05) is 39.3 Å². The van der Waals surface area contributed by atoms with E-state index < -0.39 is 0 Å². The summed E-state index contributed by atoms with van der Waals surface area (Å²) in [6.07, 6.45) is 10.8. The van der Waals surface area contributed by atoms with E-state index in [0.29, 0.717) is 18.3 Å². The number of aromatic nitrogens is 5. The van der Waals surface area contributed by atoms with E-state index in [-0.39, 0.29) is 5.56 Å². The third-order valence-corrected chi connectivity index (χ3v) is 6.08. The van der Waals surface area contributed by atoms with Gasteiger partial charge in [0.25, 0.3) is 5.56 Å². The van der Waals surface area contributed by atoms with Crippen LogP contribution in [0.2, 0.25) is 0 Å². The SMILES string of the molecule is O=c1ccc(-n2cncn2)nn1CC1CCN(CCN2CCCCCC2)CC1. The molecule has 2 saturated heterocycles. The molecule has 0 bridgehead atoms. The van der Waals surface area contributed by atoms with Crippen LogP contribution >= 0.6 is 0 Å². The van der Waals surface area contributed by atoms with Crippen molar-refractivity contribution in [2.45, 2.75) is 45.1 Å². The Morgan fingerprint density at radius 2 is 1.64 bits per heavy atom. The smallest absolute Gasteiger partial charge is 0.266 e. The molecule has 0 amide bonds. The summed E-state index contributed by atoms with van der Waals surface area (Å²) in [7, 11) is 0. The number of piperidine rings is 1. The Balaban J connectivity index is 1.26. The Hall–Kier alpha value is -2.06. The first kappa shape index (κ1) is 19.3. The molecule has 0 aliphatic carbocycles. The Morgan fingerprint density at radius 3 is 2.32 bits per heavy atom. The largest absolute Gasteiger partial charge is 0.302 e. The summed E-state index contributed by atoms with van der Waals surface area (Å²) in [5.74, 6) is 1.14. The van der Waals surface area contributed by atoms with Crippen LogP contribution < -0.4 is 5.56 Å². The Labute approximate surface area is 166 Å². The van der Waals surface area contributed by atoms with Gasteiger partial charge in [-0.15, -0.1) is 5.10 Å². The number of hydrogen-bond acceptors (Lipinski definition) is 6. The summed E-state index contributed by atoms with van der Waals surface area (Å²) >= 11 is 0. The molecule has 152 valence electrons. The van der Waals surface area contributed by atoms with Crippen LogP contribution in [0.5, 0.6) is 0 Å². The van der Waals surface area contributed by atoms with Gasteiger partial charge in [0.2, 0.25) is 0 Å². The summed E-state index contributed by atoms with van der Waals surface area (Å²) in [6, 6.07) is 3.26. The van der Waals surface area contributed by atoms with Crippen LogP contribution in [0.4, 0.5) is 0 Å². The van der Waals surface area contributed by atoms with Crippen LogP contribution in [0.25, 0.3) is 5.82 Å². The highest BCUT2D eigenvalue weighted by atomic mass is 16.1. The number of nitrogens with zero attached hydrogens (tertiary/aromatic N) is 7. The molecule has 28 heavy (non-hydrogen) atoms. The van der Waals surface area contributed by atoms with Crippen molar-refractivity contribution in [3.63, 3.8) is 0 Å². The van der Waals surface area contributed by atoms with Crippen LogP contribution in [-0.4, -0.2) is 73.6 Å². The maximum absolute atomic E-state index is 12.2. The van der Waals surface area contributed by atoms with E-state index in [1.807, 2.05) is 0 Å². The van der Waals surface area contributed by atoms with Crippen LogP contribution in [0, 0.1) is 5.92 Å². The molecule has 8 heteroatoms. The lowest BCUT2D eigenvalue weighted by Gasteiger charge is -2.33. The van der Waals surface area contributed by atoms with Crippen molar-refractivity contribution < 1.29 is 0 Å². The minimum atomic E-state index is -0.0486. The summed E-state index contributed by atoms with van der Waals surface area (Å²) in [5.41, 5.74) is -0.0486.